The minimum absolute atomic E-state index is 0.0000226. The standard InChI is InChI=1S/C35H48ClN5O5S/c1-35(2,3)33(44)39-17-15-24(16-18-39)30(38-25-10-5-4-6-11-25)32(43)41-20-19-40(34(45)46-29-14-8-7-13-27(29)36)23-28(41)31(42)37-22-26-12-9-21-47-26/h7-9,12-14,21,24-25,28,30,38H,4-6,10-11,15-20,22-23H2,1-3H3,(H,37,42)/t28-,30+/m0/s1. The summed E-state index contributed by atoms with van der Waals surface area (Å²) in [4.78, 5) is 60.8. The highest BCUT2D eigenvalue weighted by Gasteiger charge is 2.43. The van der Waals surface area contributed by atoms with E-state index in [9.17, 15) is 19.2 Å². The summed E-state index contributed by atoms with van der Waals surface area (Å²) in [6.07, 6.45) is 6.26. The van der Waals surface area contributed by atoms with E-state index in [1.165, 1.54) is 11.3 Å². The number of carbonyl (C=O) groups excluding carboxylic acids is 4. The lowest BCUT2D eigenvalue weighted by molar-refractivity contribution is -0.147. The van der Waals surface area contributed by atoms with Crippen molar-refractivity contribution in [1.29, 1.82) is 0 Å². The van der Waals surface area contributed by atoms with E-state index in [-0.39, 0.29) is 55.1 Å². The first-order valence-corrected chi connectivity index (χ1v) is 18.1. The van der Waals surface area contributed by atoms with Crippen molar-refractivity contribution in [2.24, 2.45) is 11.3 Å². The summed E-state index contributed by atoms with van der Waals surface area (Å²) >= 11 is 7.78. The van der Waals surface area contributed by atoms with Gasteiger partial charge in [0.25, 0.3) is 0 Å². The van der Waals surface area contributed by atoms with Crippen molar-refractivity contribution in [1.82, 2.24) is 25.3 Å². The SMILES string of the molecule is CC(C)(C)C(=O)N1CCC([C@@H](NC2CCCCC2)C(=O)N2CCN(C(=O)Oc3ccccc3Cl)C[C@H]2C(=O)NCc2cccs2)CC1. The zero-order valence-corrected chi connectivity index (χ0v) is 29.3. The van der Waals surface area contributed by atoms with E-state index in [2.05, 4.69) is 10.6 Å². The van der Waals surface area contributed by atoms with Crippen molar-refractivity contribution < 1.29 is 23.9 Å². The van der Waals surface area contributed by atoms with Crippen LogP contribution in [0.4, 0.5) is 4.79 Å². The number of thiophene rings is 1. The maximum Gasteiger partial charge on any atom is 0.415 e. The Morgan fingerprint density at radius 3 is 2.32 bits per heavy atom. The molecule has 0 bridgehead atoms. The molecule has 5 rings (SSSR count). The lowest BCUT2D eigenvalue weighted by atomic mass is 9.85. The third-order valence-electron chi connectivity index (χ3n) is 9.50. The van der Waals surface area contributed by atoms with Crippen LogP contribution in [0.1, 0.15) is 70.6 Å². The van der Waals surface area contributed by atoms with Gasteiger partial charge in [-0.1, -0.05) is 69.8 Å². The first kappa shape index (κ1) is 35.2. The Morgan fingerprint density at radius 2 is 1.66 bits per heavy atom. The summed E-state index contributed by atoms with van der Waals surface area (Å²) in [6.45, 7) is 7.76. The molecule has 2 aromatic rings. The van der Waals surface area contributed by atoms with Gasteiger partial charge in [-0.2, -0.15) is 0 Å². The first-order chi connectivity index (χ1) is 22.5. The molecule has 3 heterocycles. The normalized spacial score (nSPS) is 20.5. The number of para-hydroxylation sites is 1. The van der Waals surface area contributed by atoms with Crippen molar-refractivity contribution in [3.05, 3.63) is 51.7 Å². The van der Waals surface area contributed by atoms with Crippen LogP contribution in [-0.2, 0) is 20.9 Å². The molecular formula is C35H48ClN5O5S. The van der Waals surface area contributed by atoms with Gasteiger partial charge in [-0.25, -0.2) is 4.79 Å². The number of nitrogens with zero attached hydrogens (tertiary/aromatic N) is 3. The van der Waals surface area contributed by atoms with Crippen LogP contribution in [0.3, 0.4) is 0 Å². The molecule has 2 saturated heterocycles. The van der Waals surface area contributed by atoms with Gasteiger partial charge >= 0.3 is 6.09 Å². The third kappa shape index (κ3) is 9.06. The van der Waals surface area contributed by atoms with Gasteiger partial charge in [-0.3, -0.25) is 14.4 Å². The van der Waals surface area contributed by atoms with Crippen molar-refractivity contribution in [3.8, 4) is 5.75 Å². The fourth-order valence-electron chi connectivity index (χ4n) is 6.85. The van der Waals surface area contributed by atoms with Crippen LogP contribution in [0.2, 0.25) is 5.02 Å². The second kappa shape index (κ2) is 15.8. The molecule has 1 saturated carbocycles. The lowest BCUT2D eigenvalue weighted by Gasteiger charge is -2.44. The summed E-state index contributed by atoms with van der Waals surface area (Å²) in [5, 5.41) is 9.00. The van der Waals surface area contributed by atoms with Gasteiger partial charge in [-0.15, -0.1) is 11.3 Å². The lowest BCUT2D eigenvalue weighted by Crippen LogP contribution is -2.66. The number of rotatable bonds is 8. The van der Waals surface area contributed by atoms with Crippen molar-refractivity contribution in [3.63, 3.8) is 0 Å². The molecule has 256 valence electrons. The third-order valence-corrected chi connectivity index (χ3v) is 10.7. The Bertz CT molecular complexity index is 1380. The fraction of sp³-hybridized carbons (Fsp3) is 0.600. The number of ether oxygens (including phenoxy) is 1. The number of likely N-dealkylation sites (tertiary alicyclic amines) is 1. The Balaban J connectivity index is 1.35. The predicted octanol–water partition coefficient (Wildman–Crippen LogP) is 5.31. The van der Waals surface area contributed by atoms with E-state index in [0.717, 1.165) is 30.6 Å². The molecule has 4 amide bonds. The summed E-state index contributed by atoms with van der Waals surface area (Å²) in [5.41, 5.74) is -0.460. The Labute approximate surface area is 287 Å². The van der Waals surface area contributed by atoms with Crippen LogP contribution >= 0.6 is 22.9 Å². The molecule has 0 radical (unpaired) electrons. The fourth-order valence-corrected chi connectivity index (χ4v) is 7.67. The largest absolute Gasteiger partial charge is 0.415 e. The van der Waals surface area contributed by atoms with Gasteiger partial charge < -0.3 is 30.1 Å². The number of halogens is 1. The highest BCUT2D eigenvalue weighted by atomic mass is 35.5. The first-order valence-electron chi connectivity index (χ1n) is 16.9. The maximum absolute atomic E-state index is 14.7. The number of piperazine rings is 1. The van der Waals surface area contributed by atoms with Crippen LogP contribution in [0, 0.1) is 11.3 Å². The predicted molar refractivity (Wildman–Crippen MR) is 183 cm³/mol. The minimum Gasteiger partial charge on any atom is -0.409 e. The van der Waals surface area contributed by atoms with Crippen LogP contribution in [0.25, 0.3) is 0 Å². The van der Waals surface area contributed by atoms with Gasteiger partial charge in [0.1, 0.15) is 6.04 Å². The Hall–Kier alpha value is -3.15. The second-order valence-electron chi connectivity index (χ2n) is 13.9. The summed E-state index contributed by atoms with van der Waals surface area (Å²) < 4.78 is 5.60. The molecule has 2 atom stereocenters. The van der Waals surface area contributed by atoms with Crippen LogP contribution in [0.5, 0.6) is 5.75 Å². The van der Waals surface area contributed by atoms with E-state index in [1.807, 2.05) is 43.2 Å². The number of benzene rings is 1. The molecule has 0 unspecified atom stereocenters. The Kier molecular flexibility index (Phi) is 11.8. The molecule has 47 heavy (non-hydrogen) atoms. The monoisotopic (exact) mass is 685 g/mol. The number of hydrogen-bond donors (Lipinski definition) is 2. The molecule has 10 nitrogen and oxygen atoms in total. The number of piperidine rings is 1. The molecule has 3 fully saturated rings. The molecule has 1 aromatic carbocycles. The van der Waals surface area contributed by atoms with E-state index in [0.29, 0.717) is 37.5 Å². The number of nitrogens with one attached hydrogen (secondary N) is 2. The van der Waals surface area contributed by atoms with Crippen molar-refractivity contribution >= 4 is 46.8 Å². The van der Waals surface area contributed by atoms with Gasteiger partial charge in [-0.05, 0) is 55.2 Å². The smallest absolute Gasteiger partial charge is 0.409 e. The maximum atomic E-state index is 14.7. The topological polar surface area (TPSA) is 111 Å². The molecule has 2 N–H and O–H groups in total. The van der Waals surface area contributed by atoms with Gasteiger partial charge in [0.2, 0.25) is 17.7 Å². The average Bonchev–Trinajstić information content (AvgIpc) is 3.60. The molecule has 0 spiro atoms. The van der Waals surface area contributed by atoms with Crippen molar-refractivity contribution in [2.75, 3.05) is 32.7 Å². The number of hydrogen-bond acceptors (Lipinski definition) is 7. The van der Waals surface area contributed by atoms with Gasteiger partial charge in [0, 0.05) is 42.5 Å². The van der Waals surface area contributed by atoms with Crippen LogP contribution in [-0.4, -0.2) is 89.4 Å². The van der Waals surface area contributed by atoms with E-state index >= 15 is 0 Å². The zero-order valence-electron chi connectivity index (χ0n) is 27.7. The highest BCUT2D eigenvalue weighted by molar-refractivity contribution is 7.09. The van der Waals surface area contributed by atoms with Gasteiger partial charge in [0.15, 0.2) is 5.75 Å². The molecular weight excluding hydrogens is 638 g/mol. The van der Waals surface area contributed by atoms with E-state index in [1.54, 1.807) is 40.5 Å². The summed E-state index contributed by atoms with van der Waals surface area (Å²) in [6, 6.07) is 9.46. The van der Waals surface area contributed by atoms with E-state index in [4.69, 9.17) is 16.3 Å². The summed E-state index contributed by atoms with van der Waals surface area (Å²) in [5.74, 6) is -0.0483. The molecule has 3 aliphatic rings. The van der Waals surface area contributed by atoms with Crippen molar-refractivity contribution in [2.45, 2.75) is 90.4 Å². The zero-order chi connectivity index (χ0) is 33.6. The average molecular weight is 686 g/mol. The minimum atomic E-state index is -0.895. The Morgan fingerprint density at radius 1 is 0.936 bits per heavy atom. The van der Waals surface area contributed by atoms with E-state index < -0.39 is 23.6 Å². The molecule has 2 aliphatic heterocycles. The number of carbonyl (C=O) groups is 4. The molecule has 1 aliphatic carbocycles. The highest BCUT2D eigenvalue weighted by Crippen LogP contribution is 2.29. The van der Waals surface area contributed by atoms with Gasteiger partial charge in [0.05, 0.1) is 24.2 Å². The summed E-state index contributed by atoms with van der Waals surface area (Å²) in [7, 11) is 0. The quantitative estimate of drug-likeness (QED) is 0.390. The molecule has 12 heteroatoms. The molecule has 1 aromatic heterocycles. The second-order valence-corrected chi connectivity index (χ2v) is 15.4. The number of amides is 4. The van der Waals surface area contributed by atoms with Crippen LogP contribution < -0.4 is 15.4 Å². The van der Waals surface area contributed by atoms with Crippen LogP contribution in [0.15, 0.2) is 41.8 Å².